The van der Waals surface area contributed by atoms with E-state index in [-0.39, 0.29) is 24.3 Å². The highest BCUT2D eigenvalue weighted by molar-refractivity contribution is 6.76. The molecule has 3 aliphatic heterocycles. The first-order valence-electron chi connectivity index (χ1n) is 24.7. The van der Waals surface area contributed by atoms with Gasteiger partial charge in [0.25, 0.3) is 0 Å². The molecule has 0 bridgehead atoms. The van der Waals surface area contributed by atoms with Crippen LogP contribution in [0.1, 0.15) is 84.7 Å². The lowest BCUT2D eigenvalue weighted by Gasteiger charge is -2.28. The molecule has 3 aliphatic rings. The summed E-state index contributed by atoms with van der Waals surface area (Å²) in [6.45, 7) is 29.0. The monoisotopic (exact) mass is 961 g/mol. The molecular weight excluding hydrogens is 887 g/mol. The Balaban J connectivity index is 1.05. The van der Waals surface area contributed by atoms with Gasteiger partial charge in [-0.05, 0) is 130 Å². The highest BCUT2D eigenvalue weighted by Gasteiger charge is 2.42. The number of nitrogens with zero attached hydrogens (tertiary/aromatic N) is 7. The average Bonchev–Trinajstić information content (AvgIpc) is 4.06. The maximum Gasteiger partial charge on any atom is 0.410 e. The summed E-state index contributed by atoms with van der Waals surface area (Å²) in [6.07, 6.45) is 7.46. The molecule has 2 aromatic carbocycles. The third-order valence-corrected chi connectivity index (χ3v) is 16.3. The molecule has 13 nitrogen and oxygen atoms in total. The first-order valence-corrected chi connectivity index (χ1v) is 32.1. The van der Waals surface area contributed by atoms with Crippen molar-refractivity contribution in [2.45, 2.75) is 155 Å². The maximum absolute atomic E-state index is 13.5. The second-order valence-corrected chi connectivity index (χ2v) is 34.6. The summed E-state index contributed by atoms with van der Waals surface area (Å²) < 4.78 is 28.6. The molecule has 2 fully saturated rings. The largest absolute Gasteiger partial charge is 0.444 e. The van der Waals surface area contributed by atoms with Gasteiger partial charge in [-0.25, -0.2) is 24.1 Å². The van der Waals surface area contributed by atoms with Crippen molar-refractivity contribution in [1.82, 2.24) is 29.3 Å². The van der Waals surface area contributed by atoms with Crippen LogP contribution in [-0.4, -0.2) is 118 Å². The number of ether oxygens (including phenoxy) is 4. The van der Waals surface area contributed by atoms with Crippen LogP contribution in [0.25, 0.3) is 44.2 Å². The summed E-state index contributed by atoms with van der Waals surface area (Å²) >= 11 is 0. The van der Waals surface area contributed by atoms with Crippen LogP contribution in [0.5, 0.6) is 0 Å². The Kier molecular flexibility index (Phi) is 14.1. The van der Waals surface area contributed by atoms with Crippen LogP contribution in [0.2, 0.25) is 51.4 Å². The van der Waals surface area contributed by atoms with E-state index < -0.39 is 27.3 Å². The fraction of sp³-hybridized carbons (Fsp3) is 0.547. The standard InChI is InChI=1S/C53H74N7O6Si2/c1-52(2,3)65-50(61)57-21-13-15-44(57)46-31-40-29-41(32-54-47(40)59(46)34-63-23-25-67(7,8)9)38-19-17-37-28-39(20-18-36(37)27-38)42-30-43-48(55-33-42)60(35-64-24-26-68(10,11)12)49(56-43)45-16-14-22-58(45)51(62)66-53(4,5)6/h17-20,27-30,32-33,44-45H,13-16,21-26,31,34-35H2,1-12H3/q+1/t44-,45-/m0/s1. The van der Waals surface area contributed by atoms with E-state index in [1.165, 1.54) is 0 Å². The zero-order valence-electron chi connectivity index (χ0n) is 42.7. The lowest BCUT2D eigenvalue weighted by Crippen LogP contribution is -2.45. The average molecular weight is 961 g/mol. The highest BCUT2D eigenvalue weighted by Crippen LogP contribution is 2.38. The van der Waals surface area contributed by atoms with Gasteiger partial charge in [0.05, 0.1) is 17.6 Å². The molecule has 15 heteroatoms. The molecule has 364 valence electrons. The summed E-state index contributed by atoms with van der Waals surface area (Å²) in [7, 11) is -2.57. The minimum Gasteiger partial charge on any atom is -0.444 e. The third-order valence-electron chi connectivity index (χ3n) is 12.9. The molecule has 0 N–H and O–H groups in total. The van der Waals surface area contributed by atoms with Crippen molar-refractivity contribution in [1.29, 1.82) is 0 Å². The fourth-order valence-corrected chi connectivity index (χ4v) is 10.9. The number of rotatable bonds is 14. The van der Waals surface area contributed by atoms with Crippen LogP contribution in [0.15, 0.2) is 60.9 Å². The number of imidazole rings is 1. The van der Waals surface area contributed by atoms with Crippen LogP contribution in [0.3, 0.4) is 0 Å². The highest BCUT2D eigenvalue weighted by atomic mass is 28.3. The number of amides is 2. The van der Waals surface area contributed by atoms with Crippen molar-refractivity contribution in [2.75, 3.05) is 33.0 Å². The molecule has 3 aromatic heterocycles. The number of aromatic nitrogens is 4. The molecule has 0 aliphatic carbocycles. The number of pyridine rings is 2. The van der Waals surface area contributed by atoms with E-state index in [9.17, 15) is 9.59 Å². The third kappa shape index (κ3) is 11.7. The Morgan fingerprint density at radius 1 is 0.691 bits per heavy atom. The van der Waals surface area contributed by atoms with E-state index in [1.54, 1.807) is 0 Å². The van der Waals surface area contributed by atoms with Crippen molar-refractivity contribution in [2.24, 2.45) is 0 Å². The van der Waals surface area contributed by atoms with Crippen molar-refractivity contribution in [3.05, 3.63) is 72.3 Å². The fourth-order valence-electron chi connectivity index (χ4n) is 9.37. The van der Waals surface area contributed by atoms with Gasteiger partial charge >= 0.3 is 18.0 Å². The molecule has 2 saturated heterocycles. The summed E-state index contributed by atoms with van der Waals surface area (Å²) in [5.74, 6) is 1.68. The van der Waals surface area contributed by atoms with Crippen molar-refractivity contribution >= 4 is 61.8 Å². The number of benzene rings is 2. The number of carbonyl (C=O) groups excluding carboxylic acids is 2. The number of likely N-dealkylation sites (tertiary alicyclic amines) is 2. The molecule has 2 atom stereocenters. The van der Waals surface area contributed by atoms with E-state index in [1.807, 2.05) is 63.7 Å². The van der Waals surface area contributed by atoms with Crippen LogP contribution >= 0.6 is 0 Å². The number of fused-ring (bicyclic) bond motifs is 3. The lowest BCUT2D eigenvalue weighted by atomic mass is 9.97. The van der Waals surface area contributed by atoms with Gasteiger partial charge in [0.2, 0.25) is 0 Å². The van der Waals surface area contributed by atoms with E-state index in [0.29, 0.717) is 46.2 Å². The van der Waals surface area contributed by atoms with Crippen molar-refractivity contribution in [3.8, 4) is 22.3 Å². The summed E-state index contributed by atoms with van der Waals surface area (Å²) in [5, 5.41) is 2.23. The first kappa shape index (κ1) is 49.5. The van der Waals surface area contributed by atoms with Gasteiger partial charge in [0, 0.05) is 66.2 Å². The molecule has 2 amide bonds. The van der Waals surface area contributed by atoms with Crippen LogP contribution in [-0.2, 0) is 32.1 Å². The smallest absolute Gasteiger partial charge is 0.410 e. The number of hydrogen-bond acceptors (Lipinski definition) is 9. The van der Waals surface area contributed by atoms with E-state index in [4.69, 9.17) is 33.9 Å². The zero-order valence-corrected chi connectivity index (χ0v) is 44.7. The van der Waals surface area contributed by atoms with Gasteiger partial charge in [-0.1, -0.05) is 63.5 Å². The van der Waals surface area contributed by atoms with Crippen LogP contribution in [0, 0.1) is 0 Å². The maximum atomic E-state index is 13.5. The second kappa shape index (κ2) is 19.4. The molecule has 68 heavy (non-hydrogen) atoms. The van der Waals surface area contributed by atoms with Crippen LogP contribution in [0.4, 0.5) is 15.4 Å². The SMILES string of the molecule is CC(C)(C)OC(=O)N1CCC[C@H]1C1=[N+](COCC[Si](C)(C)C)c2ncc(-c3ccc4cc(-c5cnc6c(c5)nc([C@@H]5CCCN5C(=O)OC(C)(C)C)n6COCC[Si](C)(C)C)ccc4c3)cc2C1. The van der Waals surface area contributed by atoms with E-state index in [0.717, 1.165) is 105 Å². The van der Waals surface area contributed by atoms with E-state index in [2.05, 4.69) is 97.0 Å². The van der Waals surface area contributed by atoms with E-state index >= 15 is 0 Å². The Morgan fingerprint density at radius 2 is 1.24 bits per heavy atom. The minimum absolute atomic E-state index is 0.0768. The van der Waals surface area contributed by atoms with Crippen molar-refractivity contribution < 1.29 is 33.1 Å². The molecule has 6 heterocycles. The van der Waals surface area contributed by atoms with Gasteiger partial charge in [-0.3, -0.25) is 14.4 Å². The summed E-state index contributed by atoms with van der Waals surface area (Å²) in [5.41, 5.74) is 6.76. The molecular formula is C53H74N7O6Si2+. The molecule has 0 saturated carbocycles. The minimum atomic E-state index is -1.29. The molecule has 0 unspecified atom stereocenters. The lowest BCUT2D eigenvalue weighted by molar-refractivity contribution is -0.493. The summed E-state index contributed by atoms with van der Waals surface area (Å²) in [6, 6.07) is 19.3. The molecule has 0 radical (unpaired) electrons. The Hall–Kier alpha value is -4.97. The predicted octanol–water partition coefficient (Wildman–Crippen LogP) is 12.1. The number of hydrogen-bond donors (Lipinski definition) is 0. The van der Waals surface area contributed by atoms with Gasteiger partial charge in [-0.15, -0.1) is 0 Å². The normalized spacial score (nSPS) is 18.1. The quantitative estimate of drug-likeness (QED) is 0.0608. The van der Waals surface area contributed by atoms with Gasteiger partial charge in [-0.2, -0.15) is 0 Å². The Labute approximate surface area is 405 Å². The molecule has 5 aromatic rings. The van der Waals surface area contributed by atoms with Gasteiger partial charge < -0.3 is 18.9 Å². The summed E-state index contributed by atoms with van der Waals surface area (Å²) in [4.78, 5) is 45.9. The first-order chi connectivity index (χ1) is 32.0. The Morgan fingerprint density at radius 3 is 1.82 bits per heavy atom. The van der Waals surface area contributed by atoms with Crippen molar-refractivity contribution in [3.63, 3.8) is 0 Å². The zero-order chi connectivity index (χ0) is 48.8. The topological polar surface area (TPSA) is 124 Å². The second-order valence-electron chi connectivity index (χ2n) is 23.4. The van der Waals surface area contributed by atoms with Gasteiger partial charge in [0.1, 0.15) is 41.2 Å². The predicted molar refractivity (Wildman–Crippen MR) is 276 cm³/mol. The Bertz CT molecular complexity index is 2710. The molecule has 8 rings (SSSR count). The van der Waals surface area contributed by atoms with Crippen LogP contribution < -0.4 is 0 Å². The number of carbonyl (C=O) groups is 2. The molecule has 0 spiro atoms. The van der Waals surface area contributed by atoms with Gasteiger partial charge in [0.15, 0.2) is 12.4 Å².